The number of rotatable bonds is 7. The van der Waals surface area contributed by atoms with Crippen molar-refractivity contribution in [3.8, 4) is 0 Å². The molecule has 1 nitrogen and oxygen atoms in total. The van der Waals surface area contributed by atoms with Crippen LogP contribution < -0.4 is 5.32 Å². The molecule has 19 heavy (non-hydrogen) atoms. The number of benzene rings is 1. The average Bonchev–Trinajstić information content (AvgIpc) is 3.11. The second kappa shape index (κ2) is 6.19. The topological polar surface area (TPSA) is 12.0 Å². The summed E-state index contributed by atoms with van der Waals surface area (Å²) in [5.74, 6) is 0.527. The molecule has 2 rings (SSSR count). The van der Waals surface area contributed by atoms with Crippen LogP contribution in [0.25, 0.3) is 0 Å². The van der Waals surface area contributed by atoms with Crippen LogP contribution in [0.4, 0.5) is 4.39 Å². The van der Waals surface area contributed by atoms with Crippen LogP contribution in [0.5, 0.6) is 0 Å². The Labute approximate surface area is 117 Å². The van der Waals surface area contributed by atoms with Gasteiger partial charge in [-0.1, -0.05) is 43.9 Å². The third-order valence-corrected chi connectivity index (χ3v) is 5.44. The maximum absolute atomic E-state index is 13.8. The molecule has 0 aliphatic heterocycles. The highest BCUT2D eigenvalue weighted by atomic mass is 28.3. The summed E-state index contributed by atoms with van der Waals surface area (Å²) >= 11 is 0. The van der Waals surface area contributed by atoms with Crippen LogP contribution in [0.15, 0.2) is 24.3 Å². The van der Waals surface area contributed by atoms with E-state index in [0.717, 1.165) is 24.6 Å². The summed E-state index contributed by atoms with van der Waals surface area (Å²) in [5.41, 5.74) is 0.878. The zero-order valence-corrected chi connectivity index (χ0v) is 13.4. The van der Waals surface area contributed by atoms with Gasteiger partial charge in [0.25, 0.3) is 0 Å². The Morgan fingerprint density at radius 1 is 1.26 bits per heavy atom. The van der Waals surface area contributed by atoms with Crippen molar-refractivity contribution in [1.82, 2.24) is 5.32 Å². The molecule has 0 amide bonds. The first-order valence-corrected chi connectivity index (χ1v) is 11.1. The van der Waals surface area contributed by atoms with Gasteiger partial charge in [0.15, 0.2) is 0 Å². The molecule has 1 fully saturated rings. The second-order valence-corrected chi connectivity index (χ2v) is 12.6. The van der Waals surface area contributed by atoms with Crippen LogP contribution >= 0.6 is 0 Å². The van der Waals surface area contributed by atoms with Gasteiger partial charge in [0.2, 0.25) is 0 Å². The molecule has 0 bridgehead atoms. The number of hydrogen-bond donors (Lipinski definition) is 1. The summed E-state index contributed by atoms with van der Waals surface area (Å²) < 4.78 is 13.8. The second-order valence-electron chi connectivity index (χ2n) is 7.11. The van der Waals surface area contributed by atoms with Gasteiger partial charge in [-0.15, -0.1) is 0 Å². The molecule has 1 N–H and O–H groups in total. The summed E-state index contributed by atoms with van der Waals surface area (Å²) in [6.07, 6.45) is 3.51. The van der Waals surface area contributed by atoms with E-state index >= 15 is 0 Å². The first-order chi connectivity index (χ1) is 8.94. The van der Waals surface area contributed by atoms with Gasteiger partial charge in [-0.3, -0.25) is 0 Å². The Morgan fingerprint density at radius 3 is 2.53 bits per heavy atom. The lowest BCUT2D eigenvalue weighted by atomic mass is 10.0. The van der Waals surface area contributed by atoms with Crippen LogP contribution in [0, 0.1) is 11.7 Å². The van der Waals surface area contributed by atoms with Crippen LogP contribution in [0.3, 0.4) is 0 Å². The Bertz CT molecular complexity index is 409. The fraction of sp³-hybridized carbons (Fsp3) is 0.625. The summed E-state index contributed by atoms with van der Waals surface area (Å²) in [7, 11) is -1.11. The number of hydrogen-bond acceptors (Lipinski definition) is 1. The minimum absolute atomic E-state index is 0.0468. The van der Waals surface area contributed by atoms with Crippen molar-refractivity contribution in [3.63, 3.8) is 0 Å². The van der Waals surface area contributed by atoms with E-state index in [-0.39, 0.29) is 5.82 Å². The van der Waals surface area contributed by atoms with Gasteiger partial charge < -0.3 is 5.32 Å². The molecule has 1 unspecified atom stereocenters. The lowest BCUT2D eigenvalue weighted by Crippen LogP contribution is -2.32. The van der Waals surface area contributed by atoms with Gasteiger partial charge in [-0.05, 0) is 43.4 Å². The summed E-state index contributed by atoms with van der Waals surface area (Å²) in [4.78, 5) is 0. The lowest BCUT2D eigenvalue weighted by Gasteiger charge is -2.25. The molecular weight excluding hydrogens is 253 g/mol. The predicted molar refractivity (Wildman–Crippen MR) is 82.8 cm³/mol. The lowest BCUT2D eigenvalue weighted by molar-refractivity contribution is 0.491. The summed E-state index contributed by atoms with van der Waals surface area (Å²) in [6, 6.07) is 9.23. The molecule has 0 heterocycles. The normalized spacial score (nSPS) is 17.5. The van der Waals surface area contributed by atoms with E-state index in [0.29, 0.717) is 5.92 Å². The Balaban J connectivity index is 1.97. The molecule has 1 atom stereocenters. The summed E-state index contributed by atoms with van der Waals surface area (Å²) in [5, 5.41) is 3.62. The molecule has 106 valence electrons. The van der Waals surface area contributed by atoms with Crippen LogP contribution in [0.1, 0.15) is 18.4 Å². The fourth-order valence-electron chi connectivity index (χ4n) is 2.68. The van der Waals surface area contributed by atoms with E-state index in [1.165, 1.54) is 18.9 Å². The van der Waals surface area contributed by atoms with Crippen molar-refractivity contribution in [2.75, 3.05) is 6.54 Å². The SMILES string of the molecule is C[Si](C)(C)CC(CNC1CC1)Cc1ccccc1F. The maximum atomic E-state index is 13.8. The zero-order chi connectivity index (χ0) is 13.9. The Morgan fingerprint density at radius 2 is 1.95 bits per heavy atom. The van der Waals surface area contributed by atoms with Crippen molar-refractivity contribution in [1.29, 1.82) is 0 Å². The van der Waals surface area contributed by atoms with E-state index in [9.17, 15) is 4.39 Å². The molecule has 1 saturated carbocycles. The van der Waals surface area contributed by atoms with Gasteiger partial charge in [0, 0.05) is 14.1 Å². The van der Waals surface area contributed by atoms with Crippen LogP contribution in [-0.2, 0) is 6.42 Å². The third kappa shape index (κ3) is 5.45. The molecule has 0 saturated heterocycles. The zero-order valence-electron chi connectivity index (χ0n) is 12.4. The van der Waals surface area contributed by atoms with Gasteiger partial charge in [-0.25, -0.2) is 4.39 Å². The van der Waals surface area contributed by atoms with E-state index < -0.39 is 8.07 Å². The molecule has 3 heteroatoms. The van der Waals surface area contributed by atoms with E-state index in [1.54, 1.807) is 12.1 Å². The highest BCUT2D eigenvalue weighted by molar-refractivity contribution is 6.76. The summed E-state index contributed by atoms with van der Waals surface area (Å²) in [6.45, 7) is 8.25. The molecule has 0 spiro atoms. The molecular formula is C16H26FNSi. The van der Waals surface area contributed by atoms with Crippen molar-refractivity contribution >= 4 is 8.07 Å². The van der Waals surface area contributed by atoms with Crippen molar-refractivity contribution < 1.29 is 4.39 Å². The average molecular weight is 279 g/mol. The van der Waals surface area contributed by atoms with Crippen LogP contribution in [0.2, 0.25) is 25.7 Å². The predicted octanol–water partition coefficient (Wildman–Crippen LogP) is 4.07. The van der Waals surface area contributed by atoms with Gasteiger partial charge >= 0.3 is 0 Å². The van der Waals surface area contributed by atoms with E-state index in [1.807, 2.05) is 12.1 Å². The van der Waals surface area contributed by atoms with Crippen molar-refractivity contribution in [3.05, 3.63) is 35.6 Å². The highest BCUT2D eigenvalue weighted by Crippen LogP contribution is 2.24. The number of halogens is 1. The smallest absolute Gasteiger partial charge is 0.126 e. The number of nitrogens with one attached hydrogen (secondary N) is 1. The first-order valence-electron chi connectivity index (χ1n) is 7.41. The van der Waals surface area contributed by atoms with Crippen molar-refractivity contribution in [2.24, 2.45) is 5.92 Å². The molecule has 1 aromatic rings. The van der Waals surface area contributed by atoms with Gasteiger partial charge in [0.1, 0.15) is 5.82 Å². The highest BCUT2D eigenvalue weighted by Gasteiger charge is 2.25. The minimum Gasteiger partial charge on any atom is -0.314 e. The quantitative estimate of drug-likeness (QED) is 0.742. The standard InChI is InChI=1S/C16H26FNSi/c1-19(2,3)12-13(11-18-15-8-9-15)10-14-6-4-5-7-16(14)17/h4-7,13,15,18H,8-12H2,1-3H3. The maximum Gasteiger partial charge on any atom is 0.126 e. The van der Waals surface area contributed by atoms with Crippen molar-refractivity contribution in [2.45, 2.75) is 51.0 Å². The van der Waals surface area contributed by atoms with E-state index in [4.69, 9.17) is 0 Å². The molecule has 0 radical (unpaired) electrons. The minimum atomic E-state index is -1.11. The largest absolute Gasteiger partial charge is 0.314 e. The van der Waals surface area contributed by atoms with Gasteiger partial charge in [-0.2, -0.15) is 0 Å². The first kappa shape index (κ1) is 14.7. The monoisotopic (exact) mass is 279 g/mol. The molecule has 1 aliphatic carbocycles. The Hall–Kier alpha value is -0.673. The molecule has 0 aromatic heterocycles. The van der Waals surface area contributed by atoms with Crippen LogP contribution in [-0.4, -0.2) is 20.7 Å². The molecule has 1 aromatic carbocycles. The van der Waals surface area contributed by atoms with Gasteiger partial charge in [0.05, 0.1) is 0 Å². The molecule has 1 aliphatic rings. The van der Waals surface area contributed by atoms with E-state index in [2.05, 4.69) is 25.0 Å². The fourth-order valence-corrected chi connectivity index (χ4v) is 4.70. The third-order valence-electron chi connectivity index (χ3n) is 3.64. The Kier molecular flexibility index (Phi) is 4.80.